The number of fused-ring (bicyclic) bond motifs is 1. The van der Waals surface area contributed by atoms with Gasteiger partial charge in [-0.25, -0.2) is 0 Å². The molecule has 0 saturated heterocycles. The smallest absolute Gasteiger partial charge is 0.310 e. The van der Waals surface area contributed by atoms with Crippen LogP contribution in [0.3, 0.4) is 0 Å². The van der Waals surface area contributed by atoms with Crippen LogP contribution >= 0.6 is 15.9 Å². The third-order valence-electron chi connectivity index (χ3n) is 3.46. The Bertz CT molecular complexity index is 431. The van der Waals surface area contributed by atoms with Crippen LogP contribution in [0.4, 0.5) is 13.2 Å². The minimum absolute atomic E-state index is 0.205. The van der Waals surface area contributed by atoms with Crippen LogP contribution in [0.2, 0.25) is 0 Å². The maximum Gasteiger partial charge on any atom is 0.389 e. The zero-order chi connectivity index (χ0) is 13.9. The van der Waals surface area contributed by atoms with Gasteiger partial charge in [0.25, 0.3) is 0 Å². The molecule has 2 rings (SSSR count). The Hall–Kier alpha value is -0.550. The normalized spacial score (nSPS) is 18.6. The summed E-state index contributed by atoms with van der Waals surface area (Å²) in [6.45, 7) is 0.649. The highest BCUT2D eigenvalue weighted by Crippen LogP contribution is 2.32. The number of aryl methyl sites for hydroxylation is 1. The van der Waals surface area contributed by atoms with E-state index in [1.807, 2.05) is 6.07 Å². The molecule has 0 fully saturated rings. The molecule has 0 heterocycles. The molecule has 0 bridgehead atoms. The van der Waals surface area contributed by atoms with Crippen molar-refractivity contribution in [2.75, 3.05) is 6.54 Å². The van der Waals surface area contributed by atoms with Crippen LogP contribution in [0.15, 0.2) is 22.7 Å². The lowest BCUT2D eigenvalue weighted by Crippen LogP contribution is -2.20. The number of unbranched alkanes of at least 4 members (excludes halogenated alkanes) is 1. The fourth-order valence-corrected chi connectivity index (χ4v) is 2.93. The predicted molar refractivity (Wildman–Crippen MR) is 73.1 cm³/mol. The van der Waals surface area contributed by atoms with Gasteiger partial charge in [0, 0.05) is 16.9 Å². The van der Waals surface area contributed by atoms with E-state index < -0.39 is 12.6 Å². The van der Waals surface area contributed by atoms with Crippen LogP contribution in [0.5, 0.6) is 0 Å². The highest BCUT2D eigenvalue weighted by atomic mass is 79.9. The Morgan fingerprint density at radius 2 is 2.05 bits per heavy atom. The quantitative estimate of drug-likeness (QED) is 0.765. The van der Waals surface area contributed by atoms with Crippen LogP contribution in [0.25, 0.3) is 0 Å². The Balaban J connectivity index is 1.74. The van der Waals surface area contributed by atoms with Crippen molar-refractivity contribution in [3.05, 3.63) is 33.8 Å². The average molecular weight is 336 g/mol. The number of rotatable bonds is 5. The highest BCUT2D eigenvalue weighted by molar-refractivity contribution is 9.10. The van der Waals surface area contributed by atoms with Crippen molar-refractivity contribution in [3.63, 3.8) is 0 Å². The molecule has 1 unspecified atom stereocenters. The second-order valence-electron chi connectivity index (χ2n) is 4.96. The standard InChI is InChI=1S/C14H17BrF3N/c15-11-4-5-12-10(9-11)3-6-13(12)19-8-2-1-7-14(16,17)18/h4-5,9,13,19H,1-3,6-8H2. The van der Waals surface area contributed by atoms with Crippen LogP contribution in [0, 0.1) is 0 Å². The van der Waals surface area contributed by atoms with Gasteiger partial charge in [0.05, 0.1) is 0 Å². The van der Waals surface area contributed by atoms with E-state index in [-0.39, 0.29) is 6.42 Å². The molecule has 1 aliphatic carbocycles. The summed E-state index contributed by atoms with van der Waals surface area (Å²) in [4.78, 5) is 0. The Morgan fingerprint density at radius 1 is 1.26 bits per heavy atom. The van der Waals surface area contributed by atoms with Gasteiger partial charge in [-0.05, 0) is 55.5 Å². The molecule has 1 aliphatic rings. The maximum atomic E-state index is 12.0. The van der Waals surface area contributed by atoms with Gasteiger partial charge in [-0.3, -0.25) is 0 Å². The van der Waals surface area contributed by atoms with Gasteiger partial charge < -0.3 is 5.32 Å². The summed E-state index contributed by atoms with van der Waals surface area (Å²) in [5.41, 5.74) is 2.63. The molecule has 1 nitrogen and oxygen atoms in total. The van der Waals surface area contributed by atoms with E-state index in [1.54, 1.807) is 0 Å². The lowest BCUT2D eigenvalue weighted by molar-refractivity contribution is -0.135. The van der Waals surface area contributed by atoms with E-state index in [0.717, 1.165) is 17.3 Å². The minimum Gasteiger partial charge on any atom is -0.310 e. The fraction of sp³-hybridized carbons (Fsp3) is 0.571. The van der Waals surface area contributed by atoms with Gasteiger partial charge in [-0.2, -0.15) is 13.2 Å². The zero-order valence-corrected chi connectivity index (χ0v) is 12.1. The molecule has 0 aliphatic heterocycles. The topological polar surface area (TPSA) is 12.0 Å². The highest BCUT2D eigenvalue weighted by Gasteiger charge is 2.26. The molecule has 1 aromatic rings. The fourth-order valence-electron chi connectivity index (χ4n) is 2.52. The van der Waals surface area contributed by atoms with Gasteiger partial charge in [-0.15, -0.1) is 0 Å². The molecule has 5 heteroatoms. The van der Waals surface area contributed by atoms with E-state index >= 15 is 0 Å². The first-order valence-corrected chi connectivity index (χ1v) is 7.33. The van der Waals surface area contributed by atoms with Crippen molar-refractivity contribution in [2.45, 2.75) is 44.3 Å². The Labute approximate surface area is 119 Å². The molecule has 1 aromatic carbocycles. The third-order valence-corrected chi connectivity index (χ3v) is 3.95. The van der Waals surface area contributed by atoms with Crippen LogP contribution in [0.1, 0.15) is 42.9 Å². The predicted octanol–water partition coefficient (Wildman–Crippen LogP) is 4.76. The second kappa shape index (κ2) is 6.27. The van der Waals surface area contributed by atoms with Crippen molar-refractivity contribution in [1.82, 2.24) is 5.32 Å². The van der Waals surface area contributed by atoms with Gasteiger partial charge in [0.2, 0.25) is 0 Å². The van der Waals surface area contributed by atoms with Gasteiger partial charge in [0.15, 0.2) is 0 Å². The Morgan fingerprint density at radius 3 is 2.79 bits per heavy atom. The second-order valence-corrected chi connectivity index (χ2v) is 5.88. The summed E-state index contributed by atoms with van der Waals surface area (Å²) < 4.78 is 37.1. The lowest BCUT2D eigenvalue weighted by Gasteiger charge is -2.14. The molecule has 19 heavy (non-hydrogen) atoms. The first kappa shape index (κ1) is 14.9. The molecule has 0 amide bonds. The summed E-state index contributed by atoms with van der Waals surface area (Å²) in [6, 6.07) is 6.54. The number of alkyl halides is 3. The van der Waals surface area contributed by atoms with E-state index in [4.69, 9.17) is 0 Å². The van der Waals surface area contributed by atoms with Crippen molar-refractivity contribution >= 4 is 15.9 Å². The van der Waals surface area contributed by atoms with Crippen LogP contribution < -0.4 is 5.32 Å². The summed E-state index contributed by atoms with van der Waals surface area (Å²) in [5, 5.41) is 3.36. The molecular weight excluding hydrogens is 319 g/mol. The number of hydrogen-bond donors (Lipinski definition) is 1. The molecule has 0 spiro atoms. The lowest BCUT2D eigenvalue weighted by atomic mass is 10.1. The minimum atomic E-state index is -4.02. The number of nitrogens with one attached hydrogen (secondary N) is 1. The maximum absolute atomic E-state index is 12.0. The number of hydrogen-bond acceptors (Lipinski definition) is 1. The summed E-state index contributed by atoms with van der Waals surface area (Å²) in [6.07, 6.45) is -1.85. The molecule has 1 N–H and O–H groups in total. The van der Waals surface area contributed by atoms with Gasteiger partial charge in [-0.1, -0.05) is 22.0 Å². The van der Waals surface area contributed by atoms with Gasteiger partial charge >= 0.3 is 6.18 Å². The van der Waals surface area contributed by atoms with Crippen LogP contribution in [-0.4, -0.2) is 12.7 Å². The monoisotopic (exact) mass is 335 g/mol. The van der Waals surface area contributed by atoms with Crippen molar-refractivity contribution in [2.24, 2.45) is 0 Å². The number of benzene rings is 1. The molecule has 0 aromatic heterocycles. The largest absolute Gasteiger partial charge is 0.389 e. The first-order valence-electron chi connectivity index (χ1n) is 6.54. The van der Waals surface area contributed by atoms with E-state index in [1.165, 1.54) is 11.1 Å². The summed E-state index contributed by atoms with van der Waals surface area (Å²) in [7, 11) is 0. The van der Waals surface area contributed by atoms with Crippen molar-refractivity contribution < 1.29 is 13.2 Å². The summed E-state index contributed by atoms with van der Waals surface area (Å²) in [5.74, 6) is 0. The SMILES string of the molecule is FC(F)(F)CCCCNC1CCc2cc(Br)ccc21. The van der Waals surface area contributed by atoms with Crippen molar-refractivity contribution in [1.29, 1.82) is 0 Å². The first-order chi connectivity index (χ1) is 8.96. The molecule has 0 saturated carbocycles. The summed E-state index contributed by atoms with van der Waals surface area (Å²) >= 11 is 3.45. The molecule has 0 radical (unpaired) electrons. The van der Waals surface area contributed by atoms with Gasteiger partial charge in [0.1, 0.15) is 0 Å². The third kappa shape index (κ3) is 4.49. The zero-order valence-electron chi connectivity index (χ0n) is 10.6. The Kier molecular flexibility index (Phi) is 4.90. The van der Waals surface area contributed by atoms with Crippen LogP contribution in [-0.2, 0) is 6.42 Å². The molecule has 106 valence electrons. The van der Waals surface area contributed by atoms with Crippen molar-refractivity contribution in [3.8, 4) is 0 Å². The van der Waals surface area contributed by atoms with E-state index in [9.17, 15) is 13.2 Å². The molecule has 1 atom stereocenters. The van der Waals surface area contributed by atoms with E-state index in [2.05, 4.69) is 33.4 Å². The van der Waals surface area contributed by atoms with E-state index in [0.29, 0.717) is 19.0 Å². The average Bonchev–Trinajstić information content (AvgIpc) is 2.69. The number of halogens is 4. The molecular formula is C14H17BrF3N.